The highest BCUT2D eigenvalue weighted by molar-refractivity contribution is 6.52. The minimum atomic E-state index is -1.12. The molecular formula is C25H17Cl3FNO5. The average molecular weight is 537 g/mol. The number of hydrogen-bond acceptors (Lipinski definition) is 5. The summed E-state index contributed by atoms with van der Waals surface area (Å²) in [6.45, 7) is 0. The molecule has 35 heavy (non-hydrogen) atoms. The van der Waals surface area contributed by atoms with Crippen LogP contribution in [0.4, 0.5) is 10.1 Å². The summed E-state index contributed by atoms with van der Waals surface area (Å²) >= 11 is 18.6. The van der Waals surface area contributed by atoms with Crippen LogP contribution in [-0.4, -0.2) is 31.0 Å². The fourth-order valence-corrected chi connectivity index (χ4v) is 4.78. The molecule has 3 aromatic carbocycles. The summed E-state index contributed by atoms with van der Waals surface area (Å²) in [4.78, 5) is 27.7. The van der Waals surface area contributed by atoms with Gasteiger partial charge in [-0.25, -0.2) is 4.39 Å². The monoisotopic (exact) mass is 535 g/mol. The summed E-state index contributed by atoms with van der Waals surface area (Å²) in [6, 6.07) is 11.4. The molecule has 6 nitrogen and oxygen atoms in total. The Morgan fingerprint density at radius 3 is 2.23 bits per heavy atom. The van der Waals surface area contributed by atoms with Crippen LogP contribution in [0, 0.1) is 5.82 Å². The van der Waals surface area contributed by atoms with E-state index in [-0.39, 0.29) is 37.6 Å². The smallest absolute Gasteiger partial charge is 0.300 e. The van der Waals surface area contributed by atoms with Gasteiger partial charge in [0.05, 0.1) is 41.4 Å². The van der Waals surface area contributed by atoms with Gasteiger partial charge in [-0.2, -0.15) is 0 Å². The fraction of sp³-hybridized carbons (Fsp3) is 0.120. The van der Waals surface area contributed by atoms with Gasteiger partial charge in [0.25, 0.3) is 11.7 Å². The Kier molecular flexibility index (Phi) is 6.94. The van der Waals surface area contributed by atoms with Crippen LogP contribution in [-0.2, 0) is 9.59 Å². The number of rotatable bonds is 5. The number of Topliss-reactive ketones (excluding diaryl/α,β-unsaturated/α-hetero) is 1. The SMILES string of the molecule is COc1ccc(N2C(=O)C(=O)/C(=C(/O)c3cc(Cl)cc(Cl)c3OC)C2c2ccc(F)cc2)cc1Cl. The van der Waals surface area contributed by atoms with Crippen molar-refractivity contribution in [3.63, 3.8) is 0 Å². The van der Waals surface area contributed by atoms with Crippen molar-refractivity contribution < 1.29 is 28.6 Å². The van der Waals surface area contributed by atoms with E-state index in [0.717, 1.165) is 0 Å². The zero-order valence-electron chi connectivity index (χ0n) is 18.3. The molecule has 1 heterocycles. The van der Waals surface area contributed by atoms with Gasteiger partial charge >= 0.3 is 0 Å². The molecule has 1 aliphatic rings. The lowest BCUT2D eigenvalue weighted by Gasteiger charge is -2.26. The van der Waals surface area contributed by atoms with E-state index < -0.39 is 29.3 Å². The quantitative estimate of drug-likeness (QED) is 0.231. The number of methoxy groups -OCH3 is 2. The fourth-order valence-electron chi connectivity index (χ4n) is 3.95. The molecule has 0 bridgehead atoms. The summed E-state index contributed by atoms with van der Waals surface area (Å²) < 4.78 is 24.2. The van der Waals surface area contributed by atoms with Gasteiger partial charge in [0.15, 0.2) is 0 Å². The minimum absolute atomic E-state index is 0.0166. The lowest BCUT2D eigenvalue weighted by atomic mass is 9.94. The molecule has 3 aromatic rings. The number of ether oxygens (including phenoxy) is 2. The average Bonchev–Trinajstić information content (AvgIpc) is 3.09. The summed E-state index contributed by atoms with van der Waals surface area (Å²) in [5.74, 6) is -2.53. The van der Waals surface area contributed by atoms with Gasteiger partial charge in [-0.05, 0) is 48.0 Å². The van der Waals surface area contributed by atoms with Gasteiger partial charge in [-0.1, -0.05) is 46.9 Å². The number of hydrogen-bond donors (Lipinski definition) is 1. The Hall–Kier alpha value is -3.26. The van der Waals surface area contributed by atoms with Gasteiger partial charge in [0.1, 0.15) is 23.1 Å². The van der Waals surface area contributed by atoms with Crippen LogP contribution >= 0.6 is 34.8 Å². The Bertz CT molecular complexity index is 1370. The molecule has 1 aliphatic heterocycles. The largest absolute Gasteiger partial charge is 0.507 e. The summed E-state index contributed by atoms with van der Waals surface area (Å²) in [5, 5.41) is 11.8. The van der Waals surface area contributed by atoms with Crippen LogP contribution < -0.4 is 14.4 Å². The molecule has 1 atom stereocenters. The van der Waals surface area contributed by atoms with Crippen molar-refractivity contribution in [2.75, 3.05) is 19.1 Å². The van der Waals surface area contributed by atoms with Crippen molar-refractivity contribution in [1.29, 1.82) is 0 Å². The van der Waals surface area contributed by atoms with Crippen LogP contribution in [0.15, 0.2) is 60.2 Å². The zero-order valence-corrected chi connectivity index (χ0v) is 20.6. The number of halogens is 4. The van der Waals surface area contributed by atoms with Crippen molar-refractivity contribution in [2.24, 2.45) is 0 Å². The Labute approximate surface area is 215 Å². The van der Waals surface area contributed by atoms with Gasteiger partial charge < -0.3 is 14.6 Å². The number of carbonyl (C=O) groups is 2. The maximum atomic E-state index is 13.7. The van der Waals surface area contributed by atoms with Gasteiger partial charge in [0, 0.05) is 10.7 Å². The van der Waals surface area contributed by atoms with Crippen molar-refractivity contribution in [3.8, 4) is 11.5 Å². The Morgan fingerprint density at radius 1 is 0.943 bits per heavy atom. The van der Waals surface area contributed by atoms with E-state index in [9.17, 15) is 19.1 Å². The number of ketones is 1. The second-order valence-electron chi connectivity index (χ2n) is 7.51. The highest BCUT2D eigenvalue weighted by Gasteiger charge is 2.47. The molecule has 1 fully saturated rings. The first-order valence-corrected chi connectivity index (χ1v) is 11.2. The summed E-state index contributed by atoms with van der Waals surface area (Å²) in [6.07, 6.45) is 0. The number of benzene rings is 3. The third-order valence-electron chi connectivity index (χ3n) is 5.51. The number of aliphatic hydroxyl groups excluding tert-OH is 1. The van der Waals surface area contributed by atoms with Crippen molar-refractivity contribution in [3.05, 3.63) is 92.2 Å². The molecule has 1 saturated heterocycles. The normalized spacial score (nSPS) is 17.1. The van der Waals surface area contributed by atoms with Crippen molar-refractivity contribution in [1.82, 2.24) is 0 Å². The Morgan fingerprint density at radius 2 is 1.63 bits per heavy atom. The predicted octanol–water partition coefficient (Wildman–Crippen LogP) is 6.43. The molecule has 10 heteroatoms. The van der Waals surface area contributed by atoms with E-state index >= 15 is 0 Å². The maximum Gasteiger partial charge on any atom is 0.300 e. The highest BCUT2D eigenvalue weighted by atomic mass is 35.5. The summed E-state index contributed by atoms with van der Waals surface area (Å²) in [7, 11) is 2.77. The van der Waals surface area contributed by atoms with Gasteiger partial charge in [-0.15, -0.1) is 0 Å². The summed E-state index contributed by atoms with van der Waals surface area (Å²) in [5.41, 5.74) is 0.390. The molecule has 1 amide bonds. The molecule has 0 saturated carbocycles. The van der Waals surface area contributed by atoms with E-state index in [0.29, 0.717) is 11.3 Å². The topological polar surface area (TPSA) is 76.1 Å². The molecule has 4 rings (SSSR count). The Balaban J connectivity index is 2.00. The molecule has 1 N–H and O–H groups in total. The molecule has 180 valence electrons. The second-order valence-corrected chi connectivity index (χ2v) is 8.76. The predicted molar refractivity (Wildman–Crippen MR) is 132 cm³/mol. The molecular weight excluding hydrogens is 520 g/mol. The minimum Gasteiger partial charge on any atom is -0.507 e. The van der Waals surface area contributed by atoms with E-state index in [1.165, 1.54) is 61.6 Å². The number of aliphatic hydroxyl groups is 1. The first-order chi connectivity index (χ1) is 16.7. The lowest BCUT2D eigenvalue weighted by Crippen LogP contribution is -2.29. The lowest BCUT2D eigenvalue weighted by molar-refractivity contribution is -0.132. The molecule has 0 spiro atoms. The van der Waals surface area contributed by atoms with E-state index in [1.807, 2.05) is 0 Å². The number of nitrogens with zero attached hydrogens (tertiary/aromatic N) is 1. The van der Waals surface area contributed by atoms with Crippen LogP contribution in [0.5, 0.6) is 11.5 Å². The van der Waals surface area contributed by atoms with Gasteiger partial charge in [-0.3, -0.25) is 14.5 Å². The van der Waals surface area contributed by atoms with Crippen molar-refractivity contribution in [2.45, 2.75) is 6.04 Å². The number of amides is 1. The third kappa shape index (κ3) is 4.43. The highest BCUT2D eigenvalue weighted by Crippen LogP contribution is 2.45. The van der Waals surface area contributed by atoms with Crippen LogP contribution in [0.2, 0.25) is 15.1 Å². The second kappa shape index (κ2) is 9.77. The third-order valence-corrected chi connectivity index (χ3v) is 6.31. The number of carbonyl (C=O) groups excluding carboxylic acids is 2. The molecule has 1 unspecified atom stereocenters. The molecule has 0 aliphatic carbocycles. The van der Waals surface area contributed by atoms with E-state index in [1.54, 1.807) is 12.1 Å². The van der Waals surface area contributed by atoms with Crippen LogP contribution in [0.25, 0.3) is 5.76 Å². The molecule has 0 aromatic heterocycles. The first kappa shape index (κ1) is 24.9. The number of anilines is 1. The van der Waals surface area contributed by atoms with Crippen molar-refractivity contribution >= 4 is 57.9 Å². The van der Waals surface area contributed by atoms with Crippen LogP contribution in [0.3, 0.4) is 0 Å². The zero-order chi connectivity index (χ0) is 25.4. The first-order valence-electron chi connectivity index (χ1n) is 10.1. The molecule has 0 radical (unpaired) electrons. The standard InChI is InChI=1S/C25H17Cl3FNO5/c1-34-19-8-7-15(11-17(19)27)30-21(12-3-5-14(29)6-4-12)20(23(32)25(30)33)22(31)16-9-13(26)10-18(28)24(16)35-2/h3-11,21,31H,1-2H3/b22-20+. The van der Waals surface area contributed by atoms with E-state index in [2.05, 4.69) is 0 Å². The van der Waals surface area contributed by atoms with E-state index in [4.69, 9.17) is 44.3 Å². The van der Waals surface area contributed by atoms with Crippen LogP contribution in [0.1, 0.15) is 17.2 Å². The van der Waals surface area contributed by atoms with Gasteiger partial charge in [0.2, 0.25) is 0 Å². The maximum absolute atomic E-state index is 13.7.